The van der Waals surface area contributed by atoms with Gasteiger partial charge in [0.05, 0.1) is 11.1 Å². The van der Waals surface area contributed by atoms with Crippen molar-refractivity contribution in [2.45, 2.75) is 0 Å². The van der Waals surface area contributed by atoms with Gasteiger partial charge in [-0.05, 0) is 26.2 Å². The number of carbonyl (C=O) groups is 1. The van der Waals surface area contributed by atoms with Gasteiger partial charge in [-0.3, -0.25) is 4.79 Å². The first-order valence-electron chi connectivity index (χ1n) is 7.00. The molecule has 0 bridgehead atoms. The first kappa shape index (κ1) is 15.3. The van der Waals surface area contributed by atoms with E-state index >= 15 is 0 Å². The van der Waals surface area contributed by atoms with E-state index in [0.717, 1.165) is 17.4 Å². The number of nitrogens with zero attached hydrogens (tertiary/aromatic N) is 3. The van der Waals surface area contributed by atoms with Crippen LogP contribution in [-0.4, -0.2) is 62.0 Å². The molecule has 1 aromatic heterocycles. The van der Waals surface area contributed by atoms with Gasteiger partial charge in [0.2, 0.25) is 0 Å². The highest BCUT2D eigenvalue weighted by atomic mass is 16.2. The van der Waals surface area contributed by atoms with E-state index in [2.05, 4.69) is 15.2 Å². The highest BCUT2D eigenvalue weighted by Gasteiger charge is 2.16. The lowest BCUT2D eigenvalue weighted by atomic mass is 10.1. The molecule has 0 atom stereocenters. The molecular weight excluding hydrogens is 264 g/mol. The van der Waals surface area contributed by atoms with Crippen LogP contribution >= 0.6 is 0 Å². The third-order valence-corrected chi connectivity index (χ3v) is 3.43. The van der Waals surface area contributed by atoms with Crippen LogP contribution in [-0.2, 0) is 0 Å². The summed E-state index contributed by atoms with van der Waals surface area (Å²) >= 11 is 0. The zero-order valence-electron chi connectivity index (χ0n) is 13.1. The maximum atomic E-state index is 12.7. The van der Waals surface area contributed by atoms with Crippen molar-refractivity contribution in [2.24, 2.45) is 0 Å². The van der Waals surface area contributed by atoms with Crippen LogP contribution in [0.1, 0.15) is 10.4 Å². The van der Waals surface area contributed by atoms with E-state index in [1.165, 1.54) is 0 Å². The lowest BCUT2D eigenvalue weighted by Crippen LogP contribution is -2.33. The minimum atomic E-state index is 0.0203. The van der Waals surface area contributed by atoms with Crippen molar-refractivity contribution in [3.63, 3.8) is 0 Å². The predicted octanol–water partition coefficient (Wildman–Crippen LogP) is 1.91. The highest BCUT2D eigenvalue weighted by molar-refractivity contribution is 6.06. The number of anilines is 1. The van der Waals surface area contributed by atoms with Gasteiger partial charge in [0.15, 0.2) is 0 Å². The van der Waals surface area contributed by atoms with Crippen molar-refractivity contribution in [1.29, 1.82) is 0 Å². The molecular formula is C16H22N4O. The first-order chi connectivity index (χ1) is 10.0. The molecule has 112 valence electrons. The molecule has 0 saturated heterocycles. The number of rotatable bonds is 5. The summed E-state index contributed by atoms with van der Waals surface area (Å²) in [4.78, 5) is 21.0. The van der Waals surface area contributed by atoms with E-state index in [1.54, 1.807) is 11.9 Å². The van der Waals surface area contributed by atoms with Crippen molar-refractivity contribution in [3.8, 4) is 0 Å². The van der Waals surface area contributed by atoms with E-state index in [4.69, 9.17) is 0 Å². The molecule has 1 aromatic carbocycles. The van der Waals surface area contributed by atoms with Crippen LogP contribution in [0.2, 0.25) is 0 Å². The molecule has 0 spiro atoms. The number of fused-ring (bicyclic) bond motifs is 1. The van der Waals surface area contributed by atoms with Crippen molar-refractivity contribution in [2.75, 3.05) is 46.6 Å². The van der Waals surface area contributed by atoms with Gasteiger partial charge >= 0.3 is 0 Å². The summed E-state index contributed by atoms with van der Waals surface area (Å²) in [6.45, 7) is 1.53. The summed E-state index contributed by atoms with van der Waals surface area (Å²) in [7, 11) is 7.64. The topological polar surface area (TPSA) is 48.5 Å². The Morgan fingerprint density at radius 3 is 2.57 bits per heavy atom. The van der Waals surface area contributed by atoms with Gasteiger partial charge in [-0.25, -0.2) is 4.98 Å². The monoisotopic (exact) mass is 286 g/mol. The number of carbonyl (C=O) groups excluding carboxylic acids is 1. The van der Waals surface area contributed by atoms with Gasteiger partial charge in [-0.15, -0.1) is 0 Å². The largest absolute Gasteiger partial charge is 0.373 e. The number of hydrogen-bond donors (Lipinski definition) is 1. The van der Waals surface area contributed by atoms with Gasteiger partial charge < -0.3 is 15.1 Å². The van der Waals surface area contributed by atoms with Gasteiger partial charge in [-0.2, -0.15) is 0 Å². The Hall–Kier alpha value is -2.14. The van der Waals surface area contributed by atoms with E-state index < -0.39 is 0 Å². The van der Waals surface area contributed by atoms with Crippen LogP contribution in [0.15, 0.2) is 30.3 Å². The fourth-order valence-electron chi connectivity index (χ4n) is 2.14. The van der Waals surface area contributed by atoms with Gasteiger partial charge in [0.1, 0.15) is 5.82 Å². The molecule has 5 heteroatoms. The Kier molecular flexibility index (Phi) is 4.75. The van der Waals surface area contributed by atoms with Crippen molar-refractivity contribution >= 4 is 22.6 Å². The summed E-state index contributed by atoms with van der Waals surface area (Å²) in [6.07, 6.45) is 0. The standard InChI is InChI=1S/C16H22N4O/c1-17-15-11-13(12-7-5-6-8-14(12)18-15)16(21)20(4)10-9-19(2)3/h5-8,11H,9-10H2,1-4H3,(H,17,18). The van der Waals surface area contributed by atoms with Crippen LogP contribution in [0.4, 0.5) is 5.82 Å². The summed E-state index contributed by atoms with van der Waals surface area (Å²) < 4.78 is 0. The second kappa shape index (κ2) is 6.54. The summed E-state index contributed by atoms with van der Waals surface area (Å²) in [5.41, 5.74) is 1.51. The quantitative estimate of drug-likeness (QED) is 0.912. The Morgan fingerprint density at radius 2 is 1.90 bits per heavy atom. The van der Waals surface area contributed by atoms with Crippen molar-refractivity contribution in [3.05, 3.63) is 35.9 Å². The predicted molar refractivity (Wildman–Crippen MR) is 86.8 cm³/mol. The molecule has 0 radical (unpaired) electrons. The average Bonchev–Trinajstić information content (AvgIpc) is 2.50. The van der Waals surface area contributed by atoms with Gasteiger partial charge in [0, 0.05) is 32.6 Å². The number of nitrogens with one attached hydrogen (secondary N) is 1. The van der Waals surface area contributed by atoms with E-state index in [-0.39, 0.29) is 5.91 Å². The third kappa shape index (κ3) is 3.49. The third-order valence-electron chi connectivity index (χ3n) is 3.43. The Labute approximate surface area is 125 Å². The van der Waals surface area contributed by atoms with Crippen LogP contribution in [0.5, 0.6) is 0 Å². The number of aromatic nitrogens is 1. The molecule has 0 aliphatic rings. The maximum Gasteiger partial charge on any atom is 0.254 e. The zero-order chi connectivity index (χ0) is 15.4. The molecule has 0 fully saturated rings. The molecule has 0 saturated carbocycles. The number of benzene rings is 1. The molecule has 1 N–H and O–H groups in total. The summed E-state index contributed by atoms with van der Waals surface area (Å²) in [5, 5.41) is 3.90. The molecule has 2 rings (SSSR count). The second-order valence-electron chi connectivity index (χ2n) is 5.35. The number of likely N-dealkylation sites (N-methyl/N-ethyl adjacent to an activating group) is 2. The Morgan fingerprint density at radius 1 is 1.19 bits per heavy atom. The van der Waals surface area contributed by atoms with E-state index in [9.17, 15) is 4.79 Å². The molecule has 5 nitrogen and oxygen atoms in total. The van der Waals surface area contributed by atoms with Crippen LogP contribution < -0.4 is 5.32 Å². The molecule has 0 unspecified atom stereocenters. The first-order valence-corrected chi connectivity index (χ1v) is 7.00. The van der Waals surface area contributed by atoms with E-state index in [0.29, 0.717) is 17.9 Å². The smallest absolute Gasteiger partial charge is 0.254 e. The summed E-state index contributed by atoms with van der Waals surface area (Å²) in [5.74, 6) is 0.727. The molecule has 21 heavy (non-hydrogen) atoms. The molecule has 0 aliphatic carbocycles. The van der Waals surface area contributed by atoms with Crippen LogP contribution in [0.3, 0.4) is 0 Å². The normalized spacial score (nSPS) is 10.9. The SMILES string of the molecule is CNc1cc(C(=O)N(C)CCN(C)C)c2ccccc2n1. The Bertz CT molecular complexity index is 639. The van der Waals surface area contributed by atoms with Gasteiger partial charge in [-0.1, -0.05) is 18.2 Å². The van der Waals surface area contributed by atoms with Crippen LogP contribution in [0, 0.1) is 0 Å². The van der Waals surface area contributed by atoms with Crippen molar-refractivity contribution in [1.82, 2.24) is 14.8 Å². The minimum Gasteiger partial charge on any atom is -0.373 e. The lowest BCUT2D eigenvalue weighted by molar-refractivity contribution is 0.0788. The number of pyridine rings is 1. The molecule has 2 aromatic rings. The van der Waals surface area contributed by atoms with Crippen molar-refractivity contribution < 1.29 is 4.79 Å². The Balaban J connectivity index is 2.37. The summed E-state index contributed by atoms with van der Waals surface area (Å²) in [6, 6.07) is 9.54. The van der Waals surface area contributed by atoms with Gasteiger partial charge in [0.25, 0.3) is 5.91 Å². The number of para-hydroxylation sites is 1. The lowest BCUT2D eigenvalue weighted by Gasteiger charge is -2.20. The van der Waals surface area contributed by atoms with Crippen LogP contribution in [0.25, 0.3) is 10.9 Å². The highest BCUT2D eigenvalue weighted by Crippen LogP contribution is 2.21. The molecule has 0 aliphatic heterocycles. The fourth-order valence-corrected chi connectivity index (χ4v) is 2.14. The second-order valence-corrected chi connectivity index (χ2v) is 5.35. The fraction of sp³-hybridized carbons (Fsp3) is 0.375. The molecule has 1 heterocycles. The minimum absolute atomic E-state index is 0.0203. The molecule has 1 amide bonds. The number of hydrogen-bond acceptors (Lipinski definition) is 4. The maximum absolute atomic E-state index is 12.7. The average molecular weight is 286 g/mol. The number of amides is 1. The van der Waals surface area contributed by atoms with E-state index in [1.807, 2.05) is 51.5 Å². The zero-order valence-corrected chi connectivity index (χ0v) is 13.1.